The molecule has 2 aromatic heterocycles. The zero-order valence-electron chi connectivity index (χ0n) is 17.8. The molecule has 0 saturated heterocycles. The molecule has 0 bridgehead atoms. The molecule has 2 aromatic carbocycles. The lowest BCUT2D eigenvalue weighted by Gasteiger charge is -2.09. The van der Waals surface area contributed by atoms with Crippen LogP contribution in [0.4, 0.5) is 11.5 Å². The summed E-state index contributed by atoms with van der Waals surface area (Å²) in [4.78, 5) is 13.0. The monoisotopic (exact) mass is 477 g/mol. The summed E-state index contributed by atoms with van der Waals surface area (Å²) >= 11 is 4.61. The number of thiocarbonyl (C=S) groups is 1. The molecule has 2 heterocycles. The second kappa shape index (κ2) is 9.03. The van der Waals surface area contributed by atoms with Gasteiger partial charge in [0.05, 0.1) is 32.9 Å². The standard InChI is InChI=1S/C23H19N5O3S2/c1-14(2)33(29,30)18-9-5-16(6-10-18)20-12-25-23(24)22(27-20)21-11-19(28-31-21)15-3-7-17(8-4-15)26-13-32/h3-12,14H,1-2H3,(H2,24,25). The highest BCUT2D eigenvalue weighted by molar-refractivity contribution is 7.92. The van der Waals surface area contributed by atoms with Gasteiger partial charge in [-0.25, -0.2) is 18.4 Å². The fourth-order valence-electron chi connectivity index (χ4n) is 3.09. The van der Waals surface area contributed by atoms with Crippen LogP contribution in [-0.2, 0) is 9.84 Å². The molecule has 0 aliphatic carbocycles. The Morgan fingerprint density at radius 2 is 1.67 bits per heavy atom. The smallest absolute Gasteiger partial charge is 0.189 e. The zero-order chi connectivity index (χ0) is 23.6. The van der Waals surface area contributed by atoms with Crippen LogP contribution >= 0.6 is 12.2 Å². The van der Waals surface area contributed by atoms with Crippen LogP contribution in [-0.4, -0.2) is 34.0 Å². The molecule has 2 N–H and O–H groups in total. The second-order valence-corrected chi connectivity index (χ2v) is 10.1. The predicted octanol–water partition coefficient (Wildman–Crippen LogP) is 4.96. The van der Waals surface area contributed by atoms with E-state index in [-0.39, 0.29) is 10.7 Å². The average molecular weight is 478 g/mol. The molecular formula is C23H19N5O3S2. The summed E-state index contributed by atoms with van der Waals surface area (Å²) in [6.45, 7) is 3.29. The molecule has 0 radical (unpaired) electrons. The van der Waals surface area contributed by atoms with E-state index in [0.717, 1.165) is 5.56 Å². The number of nitrogens with zero attached hydrogens (tertiary/aromatic N) is 4. The molecule has 33 heavy (non-hydrogen) atoms. The van der Waals surface area contributed by atoms with Crippen molar-refractivity contribution in [2.24, 2.45) is 4.99 Å². The van der Waals surface area contributed by atoms with Crippen LogP contribution in [0.3, 0.4) is 0 Å². The first kappa shape index (κ1) is 22.5. The van der Waals surface area contributed by atoms with E-state index in [9.17, 15) is 8.42 Å². The maximum atomic E-state index is 12.4. The van der Waals surface area contributed by atoms with E-state index in [0.29, 0.717) is 34.1 Å². The SMILES string of the molecule is CC(C)S(=O)(=O)c1ccc(-c2cnc(N)c(-c3cc(-c4ccc(N=C=S)cc4)no3)n2)cc1. The number of benzene rings is 2. The third-order valence-corrected chi connectivity index (χ3v) is 7.24. The third kappa shape index (κ3) is 4.58. The van der Waals surface area contributed by atoms with Crippen molar-refractivity contribution in [3.8, 4) is 34.0 Å². The van der Waals surface area contributed by atoms with Gasteiger partial charge in [0, 0.05) is 17.2 Å². The summed E-state index contributed by atoms with van der Waals surface area (Å²) in [5, 5.41) is 5.93. The number of rotatable bonds is 6. The van der Waals surface area contributed by atoms with E-state index < -0.39 is 15.1 Å². The van der Waals surface area contributed by atoms with Crippen molar-refractivity contribution in [1.29, 1.82) is 0 Å². The maximum absolute atomic E-state index is 12.4. The number of hydrogen-bond donors (Lipinski definition) is 1. The summed E-state index contributed by atoms with van der Waals surface area (Å²) in [5.74, 6) is 0.544. The lowest BCUT2D eigenvalue weighted by molar-refractivity contribution is 0.434. The number of aliphatic imine (C=N–C) groups is 1. The summed E-state index contributed by atoms with van der Waals surface area (Å²) in [6, 6.07) is 15.5. The molecule has 0 amide bonds. The van der Waals surface area contributed by atoms with E-state index in [2.05, 4.69) is 37.5 Å². The van der Waals surface area contributed by atoms with Gasteiger partial charge in [0.2, 0.25) is 0 Å². The number of aromatic nitrogens is 3. The van der Waals surface area contributed by atoms with Gasteiger partial charge in [-0.3, -0.25) is 0 Å². The van der Waals surface area contributed by atoms with E-state index in [4.69, 9.17) is 10.3 Å². The quantitative estimate of drug-likeness (QED) is 0.305. The van der Waals surface area contributed by atoms with Crippen LogP contribution in [0.25, 0.3) is 34.0 Å². The highest BCUT2D eigenvalue weighted by Gasteiger charge is 2.20. The molecule has 0 atom stereocenters. The number of nitrogens with two attached hydrogens (primary N) is 1. The Morgan fingerprint density at radius 3 is 2.30 bits per heavy atom. The molecule has 0 fully saturated rings. The van der Waals surface area contributed by atoms with Crippen LogP contribution in [0.5, 0.6) is 0 Å². The summed E-state index contributed by atoms with van der Waals surface area (Å²) in [7, 11) is -3.36. The van der Waals surface area contributed by atoms with Crippen molar-refractivity contribution in [2.75, 3.05) is 5.73 Å². The molecule has 8 nitrogen and oxygen atoms in total. The van der Waals surface area contributed by atoms with E-state index in [1.54, 1.807) is 56.3 Å². The normalized spacial score (nSPS) is 11.4. The van der Waals surface area contributed by atoms with Gasteiger partial charge in [-0.2, -0.15) is 4.99 Å². The molecular weight excluding hydrogens is 458 g/mol. The number of hydrogen-bond acceptors (Lipinski definition) is 9. The Balaban J connectivity index is 1.65. The van der Waals surface area contributed by atoms with E-state index in [1.807, 2.05) is 12.1 Å². The van der Waals surface area contributed by atoms with Gasteiger partial charge in [0.1, 0.15) is 5.69 Å². The fraction of sp³-hybridized carbons (Fsp3) is 0.130. The van der Waals surface area contributed by atoms with Crippen molar-refractivity contribution in [3.05, 3.63) is 60.8 Å². The van der Waals surface area contributed by atoms with Gasteiger partial charge in [0.15, 0.2) is 27.1 Å². The number of anilines is 1. The first-order valence-electron chi connectivity index (χ1n) is 9.92. The van der Waals surface area contributed by atoms with Gasteiger partial charge < -0.3 is 10.3 Å². The van der Waals surface area contributed by atoms with Gasteiger partial charge in [0.25, 0.3) is 0 Å². The predicted molar refractivity (Wildman–Crippen MR) is 130 cm³/mol. The lowest BCUT2D eigenvalue weighted by atomic mass is 10.1. The average Bonchev–Trinajstić information content (AvgIpc) is 3.30. The Kier molecular flexibility index (Phi) is 6.15. The Morgan fingerprint density at radius 1 is 1.03 bits per heavy atom. The number of isothiocyanates is 1. The molecule has 0 aliphatic heterocycles. The van der Waals surface area contributed by atoms with Crippen LogP contribution in [0.2, 0.25) is 0 Å². The molecule has 10 heteroatoms. The highest BCUT2D eigenvalue weighted by atomic mass is 32.2. The van der Waals surface area contributed by atoms with Crippen molar-refractivity contribution in [3.63, 3.8) is 0 Å². The first-order chi connectivity index (χ1) is 15.8. The fourth-order valence-corrected chi connectivity index (χ4v) is 4.25. The van der Waals surface area contributed by atoms with Crippen molar-refractivity contribution in [2.45, 2.75) is 24.0 Å². The molecule has 166 valence electrons. The molecule has 0 spiro atoms. The number of sulfone groups is 1. The van der Waals surface area contributed by atoms with Crippen molar-refractivity contribution >= 4 is 38.7 Å². The van der Waals surface area contributed by atoms with Gasteiger partial charge >= 0.3 is 0 Å². The van der Waals surface area contributed by atoms with Crippen LogP contribution in [0.1, 0.15) is 13.8 Å². The minimum Gasteiger partial charge on any atom is -0.382 e. The van der Waals surface area contributed by atoms with Gasteiger partial charge in [-0.05, 0) is 50.3 Å². The molecule has 4 aromatic rings. The number of nitrogen functional groups attached to an aromatic ring is 1. The molecule has 4 rings (SSSR count). The summed E-state index contributed by atoms with van der Waals surface area (Å²) in [6.07, 6.45) is 1.53. The largest absolute Gasteiger partial charge is 0.382 e. The summed E-state index contributed by atoms with van der Waals surface area (Å²) in [5.41, 5.74) is 9.70. The molecule has 0 saturated carbocycles. The van der Waals surface area contributed by atoms with Gasteiger partial charge in [-0.15, -0.1) is 0 Å². The Hall–Kier alpha value is -3.72. The Bertz CT molecular complexity index is 1450. The third-order valence-electron chi connectivity index (χ3n) is 4.98. The Labute approximate surface area is 196 Å². The minimum absolute atomic E-state index is 0.186. The van der Waals surface area contributed by atoms with E-state index >= 15 is 0 Å². The van der Waals surface area contributed by atoms with Crippen molar-refractivity contribution in [1.82, 2.24) is 15.1 Å². The minimum atomic E-state index is -3.36. The van der Waals surface area contributed by atoms with Gasteiger partial charge in [-0.1, -0.05) is 29.4 Å². The molecule has 0 aliphatic rings. The van der Waals surface area contributed by atoms with E-state index in [1.165, 1.54) is 6.20 Å². The summed E-state index contributed by atoms with van der Waals surface area (Å²) < 4.78 is 30.2. The topological polar surface area (TPSA) is 124 Å². The van der Waals surface area contributed by atoms with Crippen LogP contribution in [0.15, 0.2) is 75.2 Å². The first-order valence-corrected chi connectivity index (χ1v) is 11.9. The van der Waals surface area contributed by atoms with Crippen LogP contribution < -0.4 is 5.73 Å². The lowest BCUT2D eigenvalue weighted by Crippen LogP contribution is -2.13. The van der Waals surface area contributed by atoms with Crippen molar-refractivity contribution < 1.29 is 12.9 Å². The zero-order valence-corrected chi connectivity index (χ0v) is 19.4. The maximum Gasteiger partial charge on any atom is 0.189 e. The second-order valence-electron chi connectivity index (χ2n) is 7.43. The highest BCUT2D eigenvalue weighted by Crippen LogP contribution is 2.30. The molecule has 0 unspecified atom stereocenters. The van der Waals surface area contributed by atoms with Crippen LogP contribution in [0, 0.1) is 0 Å².